The number of rotatable bonds is 4. The van der Waals surface area contributed by atoms with E-state index in [-0.39, 0.29) is 5.56 Å². The monoisotopic (exact) mass is 213 g/mol. The molecular formula is C9H9F2N3O. The maximum atomic E-state index is 13.6. The van der Waals surface area contributed by atoms with Crippen LogP contribution in [0.4, 0.5) is 8.78 Å². The highest BCUT2D eigenvalue weighted by Crippen LogP contribution is 2.33. The van der Waals surface area contributed by atoms with E-state index in [1.165, 1.54) is 24.3 Å². The Labute approximate surface area is 84.8 Å². The highest BCUT2D eigenvalue weighted by Gasteiger charge is 2.40. The zero-order valence-corrected chi connectivity index (χ0v) is 7.72. The predicted molar refractivity (Wildman–Crippen MR) is 50.4 cm³/mol. The van der Waals surface area contributed by atoms with Crippen molar-refractivity contribution < 1.29 is 13.9 Å². The van der Waals surface area contributed by atoms with E-state index in [1.807, 2.05) is 0 Å². The third-order valence-electron chi connectivity index (χ3n) is 1.94. The quantitative estimate of drug-likeness (QED) is 0.465. The van der Waals surface area contributed by atoms with Crippen molar-refractivity contribution >= 4 is 0 Å². The molecule has 0 spiro atoms. The van der Waals surface area contributed by atoms with Crippen LogP contribution in [0.3, 0.4) is 0 Å². The third kappa shape index (κ3) is 2.43. The molecular weight excluding hydrogens is 204 g/mol. The Morgan fingerprint density at radius 2 is 2.00 bits per heavy atom. The minimum atomic E-state index is -3.36. The first-order valence-corrected chi connectivity index (χ1v) is 4.21. The maximum absolute atomic E-state index is 13.6. The Bertz CT molecular complexity index is 363. The Morgan fingerprint density at radius 1 is 1.40 bits per heavy atom. The molecule has 4 nitrogen and oxygen atoms in total. The lowest BCUT2D eigenvalue weighted by atomic mass is 10.0. The summed E-state index contributed by atoms with van der Waals surface area (Å²) >= 11 is 0. The van der Waals surface area contributed by atoms with E-state index in [0.717, 1.165) is 0 Å². The van der Waals surface area contributed by atoms with Crippen molar-refractivity contribution in [2.75, 3.05) is 6.61 Å². The maximum Gasteiger partial charge on any atom is 0.283 e. The fourth-order valence-corrected chi connectivity index (χ4v) is 1.14. The van der Waals surface area contributed by atoms with Gasteiger partial charge in [0.05, 0.1) is 6.61 Å². The number of hydrogen-bond acceptors (Lipinski definition) is 2. The summed E-state index contributed by atoms with van der Waals surface area (Å²) in [6, 6.07) is 5.16. The van der Waals surface area contributed by atoms with Gasteiger partial charge in [-0.15, -0.1) is 0 Å². The number of azide groups is 1. The molecule has 1 N–H and O–H groups in total. The van der Waals surface area contributed by atoms with Gasteiger partial charge in [0.2, 0.25) is 0 Å². The molecule has 0 aliphatic carbocycles. The lowest BCUT2D eigenvalue weighted by Gasteiger charge is -2.21. The second-order valence-electron chi connectivity index (χ2n) is 2.89. The smallest absolute Gasteiger partial charge is 0.283 e. The van der Waals surface area contributed by atoms with Gasteiger partial charge in [0, 0.05) is 10.5 Å². The van der Waals surface area contributed by atoms with Gasteiger partial charge in [-0.1, -0.05) is 35.4 Å². The minimum absolute atomic E-state index is 0.281. The van der Waals surface area contributed by atoms with Gasteiger partial charge < -0.3 is 5.11 Å². The molecule has 1 rings (SSSR count). The summed E-state index contributed by atoms with van der Waals surface area (Å²) in [6.07, 6.45) is 0. The molecule has 15 heavy (non-hydrogen) atoms. The van der Waals surface area contributed by atoms with Crippen molar-refractivity contribution in [3.63, 3.8) is 0 Å². The standard InChI is InChI=1S/C9H9F2N3O/c10-9(11,8(6-15)13-14-12)7-4-2-1-3-5-7/h1-5,8,15H,6H2. The molecule has 0 amide bonds. The zero-order chi connectivity index (χ0) is 11.3. The fraction of sp³-hybridized carbons (Fsp3) is 0.333. The van der Waals surface area contributed by atoms with E-state index in [9.17, 15) is 8.78 Å². The van der Waals surface area contributed by atoms with Crippen molar-refractivity contribution in [1.82, 2.24) is 0 Å². The Hall–Kier alpha value is -1.65. The number of benzene rings is 1. The number of halogens is 2. The van der Waals surface area contributed by atoms with E-state index in [2.05, 4.69) is 10.0 Å². The molecule has 1 aromatic carbocycles. The molecule has 1 atom stereocenters. The van der Waals surface area contributed by atoms with E-state index >= 15 is 0 Å². The van der Waals surface area contributed by atoms with Crippen molar-refractivity contribution in [1.29, 1.82) is 0 Å². The van der Waals surface area contributed by atoms with Crippen molar-refractivity contribution in [3.8, 4) is 0 Å². The first kappa shape index (κ1) is 11.4. The fourth-order valence-electron chi connectivity index (χ4n) is 1.14. The van der Waals surface area contributed by atoms with Crippen LogP contribution in [0.25, 0.3) is 10.4 Å². The number of aliphatic hydroxyl groups excluding tert-OH is 1. The van der Waals surface area contributed by atoms with Crippen LogP contribution in [-0.2, 0) is 5.92 Å². The molecule has 0 bridgehead atoms. The zero-order valence-electron chi connectivity index (χ0n) is 7.72. The first-order valence-electron chi connectivity index (χ1n) is 4.21. The number of aliphatic hydroxyl groups is 1. The molecule has 0 radical (unpaired) electrons. The van der Waals surface area contributed by atoms with Crippen LogP contribution >= 0.6 is 0 Å². The molecule has 0 aliphatic heterocycles. The Morgan fingerprint density at radius 3 is 2.47 bits per heavy atom. The predicted octanol–water partition coefficient (Wildman–Crippen LogP) is 2.45. The van der Waals surface area contributed by atoms with Crippen molar-refractivity contribution in [2.45, 2.75) is 12.0 Å². The molecule has 1 unspecified atom stereocenters. The van der Waals surface area contributed by atoms with Crippen molar-refractivity contribution in [2.24, 2.45) is 5.11 Å². The number of hydrogen-bond donors (Lipinski definition) is 1. The average Bonchev–Trinajstić information content (AvgIpc) is 2.27. The van der Waals surface area contributed by atoms with Gasteiger partial charge in [0.25, 0.3) is 5.92 Å². The lowest BCUT2D eigenvalue weighted by Crippen LogP contribution is -2.32. The van der Waals surface area contributed by atoms with E-state index in [1.54, 1.807) is 6.07 Å². The van der Waals surface area contributed by atoms with Gasteiger partial charge in [-0.3, -0.25) is 0 Å². The van der Waals surface area contributed by atoms with Crippen LogP contribution < -0.4 is 0 Å². The SMILES string of the molecule is [N-]=[N+]=NC(CO)C(F)(F)c1ccccc1. The normalized spacial score (nSPS) is 13.0. The summed E-state index contributed by atoms with van der Waals surface area (Å²) in [5.74, 6) is -3.36. The second-order valence-corrected chi connectivity index (χ2v) is 2.89. The van der Waals surface area contributed by atoms with Gasteiger partial charge >= 0.3 is 0 Å². The number of nitrogens with zero attached hydrogens (tertiary/aromatic N) is 3. The molecule has 0 heterocycles. The molecule has 6 heteroatoms. The van der Waals surface area contributed by atoms with Gasteiger partial charge in [0.1, 0.15) is 6.04 Å². The molecule has 0 aliphatic rings. The van der Waals surface area contributed by atoms with Crippen LogP contribution in [0.1, 0.15) is 5.56 Å². The van der Waals surface area contributed by atoms with Gasteiger partial charge in [0.15, 0.2) is 0 Å². The summed E-state index contributed by atoms with van der Waals surface area (Å²) in [7, 11) is 0. The summed E-state index contributed by atoms with van der Waals surface area (Å²) in [6.45, 7) is -0.897. The molecule has 0 fully saturated rings. The highest BCUT2D eigenvalue weighted by molar-refractivity contribution is 5.22. The summed E-state index contributed by atoms with van der Waals surface area (Å²) in [5, 5.41) is 11.6. The Kier molecular flexibility index (Phi) is 3.60. The molecule has 1 aromatic rings. The van der Waals surface area contributed by atoms with E-state index < -0.39 is 18.6 Å². The third-order valence-corrected chi connectivity index (χ3v) is 1.94. The summed E-state index contributed by atoms with van der Waals surface area (Å²) < 4.78 is 27.2. The Balaban J connectivity index is 3.05. The molecule has 80 valence electrons. The topological polar surface area (TPSA) is 69.0 Å². The summed E-state index contributed by atoms with van der Waals surface area (Å²) in [4.78, 5) is 2.28. The van der Waals surface area contributed by atoms with E-state index in [4.69, 9.17) is 10.6 Å². The van der Waals surface area contributed by atoms with Crippen LogP contribution in [0.2, 0.25) is 0 Å². The molecule has 0 saturated heterocycles. The van der Waals surface area contributed by atoms with Crippen LogP contribution in [0.15, 0.2) is 35.4 Å². The summed E-state index contributed by atoms with van der Waals surface area (Å²) in [5.41, 5.74) is 7.81. The van der Waals surface area contributed by atoms with E-state index in [0.29, 0.717) is 0 Å². The lowest BCUT2D eigenvalue weighted by molar-refractivity contribution is -0.0460. The largest absolute Gasteiger partial charge is 0.396 e. The van der Waals surface area contributed by atoms with Gasteiger partial charge in [-0.05, 0) is 5.53 Å². The van der Waals surface area contributed by atoms with Crippen molar-refractivity contribution in [3.05, 3.63) is 46.3 Å². The molecule has 0 aromatic heterocycles. The second kappa shape index (κ2) is 4.72. The van der Waals surface area contributed by atoms with Crippen LogP contribution in [0.5, 0.6) is 0 Å². The van der Waals surface area contributed by atoms with Gasteiger partial charge in [-0.25, -0.2) is 8.78 Å². The average molecular weight is 213 g/mol. The van der Waals surface area contributed by atoms with Gasteiger partial charge in [-0.2, -0.15) is 0 Å². The first-order chi connectivity index (χ1) is 7.12. The number of alkyl halides is 2. The molecule has 0 saturated carbocycles. The van der Waals surface area contributed by atoms with Crippen LogP contribution in [0, 0.1) is 0 Å². The highest BCUT2D eigenvalue weighted by atomic mass is 19.3. The minimum Gasteiger partial charge on any atom is -0.396 e. The van der Waals surface area contributed by atoms with Crippen LogP contribution in [-0.4, -0.2) is 17.8 Å².